The quantitative estimate of drug-likeness (QED) is 0.628. The summed E-state index contributed by atoms with van der Waals surface area (Å²) in [6.45, 7) is 3.43. The Balaban J connectivity index is 1.21. The van der Waals surface area contributed by atoms with Gasteiger partial charge < -0.3 is 10.2 Å². The van der Waals surface area contributed by atoms with Gasteiger partial charge in [-0.2, -0.15) is 4.31 Å². The number of sulfonamides is 1. The van der Waals surface area contributed by atoms with E-state index in [1.54, 1.807) is 4.90 Å². The lowest BCUT2D eigenvalue weighted by molar-refractivity contribution is -0.126. The number of amides is 2. The number of piperazine rings is 1. The second kappa shape index (κ2) is 10.5. The molecule has 2 fully saturated rings. The molecule has 0 aromatic heterocycles. The Morgan fingerprint density at radius 1 is 0.939 bits per heavy atom. The first-order valence-electron chi connectivity index (χ1n) is 11.3. The molecule has 8 nitrogen and oxygen atoms in total. The highest BCUT2D eigenvalue weighted by Gasteiger charge is 2.35. The molecular weight excluding hydrogens is 440 g/mol. The highest BCUT2D eigenvalue weighted by Crippen LogP contribution is 2.24. The summed E-state index contributed by atoms with van der Waals surface area (Å²) >= 11 is 0. The van der Waals surface area contributed by atoms with Crippen molar-refractivity contribution in [2.75, 3.05) is 49.9 Å². The maximum atomic E-state index is 12.7. The fourth-order valence-corrected chi connectivity index (χ4v) is 5.66. The predicted molar refractivity (Wildman–Crippen MR) is 127 cm³/mol. The van der Waals surface area contributed by atoms with Gasteiger partial charge in [-0.15, -0.1) is 0 Å². The fraction of sp³-hybridized carbons (Fsp3) is 0.417. The second-order valence-corrected chi connectivity index (χ2v) is 10.6. The minimum absolute atomic E-state index is 0.0431. The van der Waals surface area contributed by atoms with Crippen molar-refractivity contribution in [3.63, 3.8) is 0 Å². The van der Waals surface area contributed by atoms with Gasteiger partial charge in [0.2, 0.25) is 21.8 Å². The Labute approximate surface area is 195 Å². The van der Waals surface area contributed by atoms with Crippen molar-refractivity contribution in [3.8, 4) is 0 Å². The molecule has 2 heterocycles. The summed E-state index contributed by atoms with van der Waals surface area (Å²) in [5.41, 5.74) is 1.99. The standard InChI is InChI=1S/C24H30N4O4S/c29-23-17-21(19-28(23)22-9-5-2-6-10-22)24(30)25-11-16-33(31,32)27-14-12-26(13-15-27)18-20-7-3-1-4-8-20/h1-10,21H,11-19H2,(H,25,30). The number of rotatable bonds is 8. The first-order chi connectivity index (χ1) is 15.9. The van der Waals surface area contributed by atoms with Crippen molar-refractivity contribution >= 4 is 27.5 Å². The van der Waals surface area contributed by atoms with Gasteiger partial charge in [-0.3, -0.25) is 14.5 Å². The zero-order chi connectivity index (χ0) is 23.3. The van der Waals surface area contributed by atoms with Crippen LogP contribution in [0.25, 0.3) is 0 Å². The molecule has 0 radical (unpaired) electrons. The third-order valence-electron chi connectivity index (χ3n) is 6.20. The molecule has 0 spiro atoms. The summed E-state index contributed by atoms with van der Waals surface area (Å²) in [7, 11) is -3.45. The Morgan fingerprint density at radius 3 is 2.24 bits per heavy atom. The van der Waals surface area contributed by atoms with Crippen LogP contribution in [0, 0.1) is 5.92 Å². The van der Waals surface area contributed by atoms with Crippen LogP contribution in [0.5, 0.6) is 0 Å². The molecule has 0 aliphatic carbocycles. The Bertz CT molecular complexity index is 1050. The lowest BCUT2D eigenvalue weighted by Gasteiger charge is -2.34. The summed E-state index contributed by atoms with van der Waals surface area (Å²) < 4.78 is 27.0. The van der Waals surface area contributed by atoms with E-state index < -0.39 is 15.9 Å². The van der Waals surface area contributed by atoms with E-state index >= 15 is 0 Å². The van der Waals surface area contributed by atoms with Crippen LogP contribution in [0.15, 0.2) is 60.7 Å². The van der Waals surface area contributed by atoms with Crippen molar-refractivity contribution in [1.82, 2.24) is 14.5 Å². The van der Waals surface area contributed by atoms with Crippen LogP contribution >= 0.6 is 0 Å². The van der Waals surface area contributed by atoms with E-state index in [0.717, 1.165) is 12.2 Å². The third kappa shape index (κ3) is 5.98. The highest BCUT2D eigenvalue weighted by molar-refractivity contribution is 7.89. The lowest BCUT2D eigenvalue weighted by atomic mass is 10.1. The molecule has 2 saturated heterocycles. The van der Waals surface area contributed by atoms with Crippen molar-refractivity contribution in [3.05, 3.63) is 66.2 Å². The molecular formula is C24H30N4O4S. The topological polar surface area (TPSA) is 90.0 Å². The number of carbonyl (C=O) groups is 2. The molecule has 1 N–H and O–H groups in total. The molecule has 9 heteroatoms. The van der Waals surface area contributed by atoms with Gasteiger partial charge in [0, 0.05) is 57.9 Å². The number of carbonyl (C=O) groups excluding carboxylic acids is 2. The Hall–Kier alpha value is -2.75. The maximum absolute atomic E-state index is 12.7. The molecule has 2 aromatic carbocycles. The van der Waals surface area contributed by atoms with Gasteiger partial charge in [-0.05, 0) is 17.7 Å². The summed E-state index contributed by atoms with van der Waals surface area (Å²) in [4.78, 5) is 28.7. The van der Waals surface area contributed by atoms with Crippen molar-refractivity contribution in [2.45, 2.75) is 13.0 Å². The molecule has 4 rings (SSSR count). The zero-order valence-electron chi connectivity index (χ0n) is 18.6. The van der Waals surface area contributed by atoms with Crippen molar-refractivity contribution < 1.29 is 18.0 Å². The molecule has 2 aromatic rings. The highest BCUT2D eigenvalue weighted by atomic mass is 32.2. The molecule has 176 valence electrons. The molecule has 0 bridgehead atoms. The Morgan fingerprint density at radius 2 is 1.58 bits per heavy atom. The van der Waals surface area contributed by atoms with Gasteiger partial charge in [0.25, 0.3) is 0 Å². The number of nitrogens with one attached hydrogen (secondary N) is 1. The van der Waals surface area contributed by atoms with E-state index in [4.69, 9.17) is 0 Å². The summed E-state index contributed by atoms with van der Waals surface area (Å²) in [5.74, 6) is -0.977. The lowest BCUT2D eigenvalue weighted by Crippen LogP contribution is -2.49. The van der Waals surface area contributed by atoms with E-state index in [2.05, 4.69) is 22.3 Å². The zero-order valence-corrected chi connectivity index (χ0v) is 19.4. The number of hydrogen-bond donors (Lipinski definition) is 1. The van der Waals surface area contributed by atoms with Crippen LogP contribution in [-0.2, 0) is 26.2 Å². The van der Waals surface area contributed by atoms with Gasteiger partial charge in [0.15, 0.2) is 0 Å². The molecule has 0 saturated carbocycles. The molecule has 1 unspecified atom stereocenters. The van der Waals surface area contributed by atoms with E-state index in [1.165, 1.54) is 9.87 Å². The van der Waals surface area contributed by atoms with E-state index in [9.17, 15) is 18.0 Å². The van der Waals surface area contributed by atoms with Gasteiger partial charge in [0.05, 0.1) is 11.7 Å². The largest absolute Gasteiger partial charge is 0.355 e. The number of anilines is 1. The van der Waals surface area contributed by atoms with Gasteiger partial charge in [-0.1, -0.05) is 48.5 Å². The smallest absolute Gasteiger partial charge is 0.227 e. The van der Waals surface area contributed by atoms with Crippen LogP contribution < -0.4 is 10.2 Å². The molecule has 2 amide bonds. The first-order valence-corrected chi connectivity index (χ1v) is 12.9. The summed E-state index contributed by atoms with van der Waals surface area (Å²) in [6.07, 6.45) is 0.136. The minimum atomic E-state index is -3.45. The van der Waals surface area contributed by atoms with Crippen LogP contribution in [0.3, 0.4) is 0 Å². The van der Waals surface area contributed by atoms with Crippen LogP contribution in [0.2, 0.25) is 0 Å². The van der Waals surface area contributed by atoms with Crippen molar-refractivity contribution in [2.24, 2.45) is 5.92 Å². The van der Waals surface area contributed by atoms with Crippen LogP contribution in [0.4, 0.5) is 5.69 Å². The van der Waals surface area contributed by atoms with E-state index in [-0.39, 0.29) is 30.5 Å². The van der Waals surface area contributed by atoms with Gasteiger partial charge >= 0.3 is 0 Å². The predicted octanol–water partition coefficient (Wildman–Crippen LogP) is 1.30. The monoisotopic (exact) mass is 470 g/mol. The number of benzene rings is 2. The molecule has 1 atom stereocenters. The molecule has 2 aliphatic heterocycles. The average Bonchev–Trinajstić information content (AvgIpc) is 3.22. The molecule has 33 heavy (non-hydrogen) atoms. The molecule has 2 aliphatic rings. The number of para-hydroxylation sites is 1. The summed E-state index contributed by atoms with van der Waals surface area (Å²) in [6, 6.07) is 19.4. The maximum Gasteiger partial charge on any atom is 0.227 e. The Kier molecular flexibility index (Phi) is 7.42. The van der Waals surface area contributed by atoms with Crippen molar-refractivity contribution in [1.29, 1.82) is 0 Å². The van der Waals surface area contributed by atoms with Gasteiger partial charge in [-0.25, -0.2) is 8.42 Å². The van der Waals surface area contributed by atoms with Crippen LogP contribution in [-0.4, -0.2) is 74.5 Å². The fourth-order valence-electron chi connectivity index (χ4n) is 4.32. The van der Waals surface area contributed by atoms with Gasteiger partial charge in [0.1, 0.15) is 0 Å². The third-order valence-corrected chi connectivity index (χ3v) is 8.07. The van der Waals surface area contributed by atoms with E-state index in [0.29, 0.717) is 32.7 Å². The first kappa shape index (κ1) is 23.4. The summed E-state index contributed by atoms with van der Waals surface area (Å²) in [5, 5.41) is 2.72. The van der Waals surface area contributed by atoms with E-state index in [1.807, 2.05) is 48.5 Å². The normalized spacial score (nSPS) is 20.2. The second-order valence-electron chi connectivity index (χ2n) is 8.51. The number of nitrogens with zero attached hydrogens (tertiary/aromatic N) is 3. The van der Waals surface area contributed by atoms with Crippen LogP contribution in [0.1, 0.15) is 12.0 Å². The number of hydrogen-bond acceptors (Lipinski definition) is 5. The average molecular weight is 471 g/mol. The SMILES string of the molecule is O=C(NCCS(=O)(=O)N1CCN(Cc2ccccc2)CC1)C1CC(=O)N(c2ccccc2)C1. The minimum Gasteiger partial charge on any atom is -0.355 e.